The van der Waals surface area contributed by atoms with E-state index in [4.69, 9.17) is 10.2 Å². The number of thioether (sulfide) groups is 1. The smallest absolute Gasteiger partial charge is 0.335 e. The molecule has 1 heterocycles. The van der Waals surface area contributed by atoms with Gasteiger partial charge in [-0.1, -0.05) is 23.9 Å². The molecule has 0 spiro atoms. The lowest BCUT2D eigenvalue weighted by atomic mass is 10.0. The first-order valence-corrected chi connectivity index (χ1v) is 7.42. The number of hydrogen-bond donors (Lipinski definition) is 2. The second kappa shape index (κ2) is 5.73. The first-order valence-electron chi connectivity index (χ1n) is 6.60. The summed E-state index contributed by atoms with van der Waals surface area (Å²) in [6.45, 7) is 0. The van der Waals surface area contributed by atoms with Crippen LogP contribution in [0.2, 0.25) is 0 Å². The predicted octanol–water partition coefficient (Wildman–Crippen LogP) is 3.41. The quantitative estimate of drug-likeness (QED) is 0.840. The number of carbonyl (C=O) groups excluding carboxylic acids is 1. The number of Topliss-reactive ketones (excluding diaryl/α,β-unsaturated/α-hetero) is 1. The third kappa shape index (κ3) is 2.89. The van der Waals surface area contributed by atoms with Crippen LogP contribution < -0.4 is 0 Å². The Kier molecular flexibility index (Phi) is 3.75. The Labute approximate surface area is 135 Å². The Bertz CT molecular complexity index is 850. The van der Waals surface area contributed by atoms with E-state index < -0.39 is 11.9 Å². The maximum Gasteiger partial charge on any atom is 0.335 e. The van der Waals surface area contributed by atoms with Crippen LogP contribution in [0.4, 0.5) is 0 Å². The minimum Gasteiger partial charge on any atom is -0.478 e. The lowest BCUT2D eigenvalue weighted by Crippen LogP contribution is -2.03. The molecule has 0 radical (unpaired) electrons. The second-order valence-corrected chi connectivity index (χ2v) is 5.97. The number of carbonyl (C=O) groups is 3. The molecule has 0 fully saturated rings. The number of ketones is 1. The van der Waals surface area contributed by atoms with Crippen LogP contribution in [0.15, 0.2) is 52.3 Å². The molecule has 0 aliphatic carbocycles. The fourth-order valence-electron chi connectivity index (χ4n) is 2.27. The summed E-state index contributed by atoms with van der Waals surface area (Å²) in [6, 6.07) is 10.9. The van der Waals surface area contributed by atoms with Crippen LogP contribution >= 0.6 is 11.8 Å². The molecule has 2 aromatic carbocycles. The molecule has 1 aliphatic heterocycles. The third-order valence-corrected chi connectivity index (χ3v) is 4.42. The lowest BCUT2D eigenvalue weighted by molar-refractivity contribution is 0.0696. The van der Waals surface area contributed by atoms with Crippen molar-refractivity contribution in [3.63, 3.8) is 0 Å². The van der Waals surface area contributed by atoms with Crippen LogP contribution in [0.1, 0.15) is 36.6 Å². The summed E-state index contributed by atoms with van der Waals surface area (Å²) in [6.07, 6.45) is 1.52. The number of allylic oxidation sites excluding steroid dienone is 1. The van der Waals surface area contributed by atoms with Crippen molar-refractivity contribution in [2.75, 3.05) is 0 Å². The van der Waals surface area contributed by atoms with Crippen molar-refractivity contribution in [2.24, 2.45) is 0 Å². The van der Waals surface area contributed by atoms with Gasteiger partial charge < -0.3 is 10.2 Å². The number of fused-ring (bicyclic) bond motifs is 1. The molecule has 3 rings (SSSR count). The lowest BCUT2D eigenvalue weighted by Gasteiger charge is -2.02. The first kappa shape index (κ1) is 15.1. The Hall–Kier alpha value is -2.86. The predicted molar refractivity (Wildman–Crippen MR) is 85.0 cm³/mol. The fourth-order valence-corrected chi connectivity index (χ4v) is 3.32. The topological polar surface area (TPSA) is 91.7 Å². The Balaban J connectivity index is 2.05. The van der Waals surface area contributed by atoms with Gasteiger partial charge in [-0.25, -0.2) is 9.59 Å². The second-order valence-electron chi connectivity index (χ2n) is 4.89. The molecule has 0 unspecified atom stereocenters. The van der Waals surface area contributed by atoms with Crippen LogP contribution in [0.3, 0.4) is 0 Å². The van der Waals surface area contributed by atoms with E-state index in [1.165, 1.54) is 30.0 Å². The summed E-state index contributed by atoms with van der Waals surface area (Å²) in [4.78, 5) is 35.8. The average Bonchev–Trinajstić information content (AvgIpc) is 2.83. The first-order chi connectivity index (χ1) is 11.0. The number of aromatic carboxylic acids is 2. The van der Waals surface area contributed by atoms with Crippen LogP contribution in [-0.4, -0.2) is 27.9 Å². The fraction of sp³-hybridized carbons (Fsp3) is 0. The maximum absolute atomic E-state index is 12.3. The molecular weight excluding hydrogens is 316 g/mol. The average molecular weight is 326 g/mol. The van der Waals surface area contributed by atoms with Gasteiger partial charge in [0.25, 0.3) is 0 Å². The minimum absolute atomic E-state index is 0.135. The highest BCUT2D eigenvalue weighted by Crippen LogP contribution is 2.40. The number of carboxylic acids is 2. The number of rotatable bonds is 3. The van der Waals surface area contributed by atoms with E-state index in [0.29, 0.717) is 16.0 Å². The molecule has 0 bridgehead atoms. The zero-order valence-corrected chi connectivity index (χ0v) is 12.5. The summed E-state index contributed by atoms with van der Waals surface area (Å²) < 4.78 is 0. The molecule has 2 aromatic rings. The van der Waals surface area contributed by atoms with Crippen molar-refractivity contribution in [3.8, 4) is 0 Å². The van der Waals surface area contributed by atoms with Gasteiger partial charge in [-0.15, -0.1) is 0 Å². The van der Waals surface area contributed by atoms with Gasteiger partial charge in [0.05, 0.1) is 16.0 Å². The van der Waals surface area contributed by atoms with Gasteiger partial charge in [0.15, 0.2) is 0 Å². The number of carboxylic acid groups (broad SMARTS) is 2. The molecule has 0 atom stereocenters. The Morgan fingerprint density at radius 3 is 2.13 bits per heavy atom. The van der Waals surface area contributed by atoms with E-state index in [9.17, 15) is 14.4 Å². The largest absolute Gasteiger partial charge is 0.478 e. The highest BCUT2D eigenvalue weighted by molar-refractivity contribution is 8.04. The van der Waals surface area contributed by atoms with Crippen molar-refractivity contribution >= 4 is 35.6 Å². The molecule has 114 valence electrons. The normalized spacial score (nSPS) is 14.8. The van der Waals surface area contributed by atoms with Gasteiger partial charge in [-0.05, 0) is 42.0 Å². The summed E-state index contributed by atoms with van der Waals surface area (Å²) in [5.74, 6) is -2.59. The highest BCUT2D eigenvalue weighted by atomic mass is 32.2. The van der Waals surface area contributed by atoms with Crippen molar-refractivity contribution in [1.29, 1.82) is 0 Å². The molecule has 0 aromatic heterocycles. The molecule has 0 saturated carbocycles. The van der Waals surface area contributed by atoms with E-state index in [-0.39, 0.29) is 16.9 Å². The Morgan fingerprint density at radius 2 is 1.57 bits per heavy atom. The van der Waals surface area contributed by atoms with E-state index in [0.717, 1.165) is 11.0 Å². The van der Waals surface area contributed by atoms with Crippen molar-refractivity contribution < 1.29 is 24.6 Å². The van der Waals surface area contributed by atoms with E-state index >= 15 is 0 Å². The summed E-state index contributed by atoms with van der Waals surface area (Å²) in [5, 5.41) is 18.2. The summed E-state index contributed by atoms with van der Waals surface area (Å²) >= 11 is 1.28. The molecular formula is C17H10O5S. The van der Waals surface area contributed by atoms with Gasteiger partial charge in [0.1, 0.15) is 0 Å². The monoisotopic (exact) mass is 326 g/mol. The minimum atomic E-state index is -1.22. The van der Waals surface area contributed by atoms with Crippen LogP contribution in [-0.2, 0) is 0 Å². The van der Waals surface area contributed by atoms with Crippen molar-refractivity contribution in [3.05, 3.63) is 69.6 Å². The molecule has 2 N–H and O–H groups in total. The van der Waals surface area contributed by atoms with Crippen molar-refractivity contribution in [2.45, 2.75) is 4.90 Å². The molecule has 0 amide bonds. The number of benzene rings is 2. The molecule has 6 heteroatoms. The zero-order chi connectivity index (χ0) is 16.6. The van der Waals surface area contributed by atoms with Gasteiger partial charge in [-0.3, -0.25) is 4.79 Å². The summed E-state index contributed by atoms with van der Waals surface area (Å²) in [5.41, 5.74) is 0.692. The highest BCUT2D eigenvalue weighted by Gasteiger charge is 2.25. The summed E-state index contributed by atoms with van der Waals surface area (Å²) in [7, 11) is 0. The molecule has 23 heavy (non-hydrogen) atoms. The zero-order valence-electron chi connectivity index (χ0n) is 11.6. The van der Waals surface area contributed by atoms with Crippen LogP contribution in [0.25, 0.3) is 6.08 Å². The van der Waals surface area contributed by atoms with Crippen LogP contribution in [0, 0.1) is 0 Å². The third-order valence-electron chi connectivity index (χ3n) is 3.32. The van der Waals surface area contributed by atoms with Gasteiger partial charge in [-0.2, -0.15) is 0 Å². The standard InChI is InChI=1S/C17H10O5S/c18-15-12-3-1-2-4-13(12)23-14(15)7-9-5-10(16(19)20)8-11(6-9)17(21)22/h1-8H,(H,19,20)(H,21,22). The molecule has 1 aliphatic rings. The van der Waals surface area contributed by atoms with Gasteiger partial charge in [0.2, 0.25) is 5.78 Å². The van der Waals surface area contributed by atoms with Crippen LogP contribution in [0.5, 0.6) is 0 Å². The SMILES string of the molecule is O=C(O)c1cc(C=C2Sc3ccccc3C2=O)cc(C(=O)O)c1. The molecule has 5 nitrogen and oxygen atoms in total. The van der Waals surface area contributed by atoms with Crippen molar-refractivity contribution in [1.82, 2.24) is 0 Å². The van der Waals surface area contributed by atoms with E-state index in [1.54, 1.807) is 12.1 Å². The maximum atomic E-state index is 12.3. The van der Waals surface area contributed by atoms with Gasteiger partial charge >= 0.3 is 11.9 Å². The Morgan fingerprint density at radius 1 is 0.957 bits per heavy atom. The van der Waals surface area contributed by atoms with E-state index in [1.807, 2.05) is 12.1 Å². The van der Waals surface area contributed by atoms with Gasteiger partial charge in [0, 0.05) is 10.5 Å². The van der Waals surface area contributed by atoms with E-state index in [2.05, 4.69) is 0 Å². The number of hydrogen-bond acceptors (Lipinski definition) is 4. The molecule has 0 saturated heterocycles.